The zero-order chi connectivity index (χ0) is 10.6. The number of terminal acetylenes is 1. The van der Waals surface area contributed by atoms with E-state index >= 15 is 0 Å². The van der Waals surface area contributed by atoms with Crippen LogP contribution in [0.3, 0.4) is 0 Å². The first-order valence-corrected chi connectivity index (χ1v) is 3.84. The molecule has 0 spiro atoms. The molecule has 0 saturated carbocycles. The van der Waals surface area contributed by atoms with Crippen molar-refractivity contribution in [3.05, 3.63) is 35.6 Å². The van der Waals surface area contributed by atoms with E-state index in [1.54, 1.807) is 0 Å². The summed E-state index contributed by atoms with van der Waals surface area (Å²) in [6.07, 6.45) is 7.44. The lowest BCUT2D eigenvalue weighted by molar-refractivity contribution is 0.499. The van der Waals surface area contributed by atoms with Gasteiger partial charge in [-0.05, 0) is 12.0 Å². The standard InChI is InChI=1S/C9H6BF3N/c1-2-9-8(4-3-7-14-9)5-6-10(11,12)13/h1,3-7H/q-1/b6-5+. The maximum Gasteiger partial charge on any atom is 0.502 e. The summed E-state index contributed by atoms with van der Waals surface area (Å²) in [5, 5.41) is 0. The van der Waals surface area contributed by atoms with Crippen molar-refractivity contribution in [2.24, 2.45) is 0 Å². The van der Waals surface area contributed by atoms with E-state index in [4.69, 9.17) is 6.42 Å². The highest BCUT2D eigenvalue weighted by Crippen LogP contribution is 2.13. The van der Waals surface area contributed by atoms with E-state index in [1.165, 1.54) is 18.3 Å². The number of pyridine rings is 1. The highest BCUT2D eigenvalue weighted by Gasteiger charge is 2.17. The summed E-state index contributed by atoms with van der Waals surface area (Å²) in [5.41, 5.74) is 0.512. The summed E-state index contributed by atoms with van der Waals surface area (Å²) < 4.78 is 35.6. The number of nitrogens with zero attached hydrogens (tertiary/aromatic N) is 1. The van der Waals surface area contributed by atoms with Gasteiger partial charge >= 0.3 is 6.98 Å². The summed E-state index contributed by atoms with van der Waals surface area (Å²) in [5.74, 6) is 2.40. The summed E-state index contributed by atoms with van der Waals surface area (Å²) in [6, 6.07) is 3.02. The molecule has 0 aliphatic heterocycles. The molecule has 72 valence electrons. The Kier molecular flexibility index (Phi) is 2.97. The van der Waals surface area contributed by atoms with Crippen molar-refractivity contribution in [1.82, 2.24) is 4.98 Å². The molecule has 0 N–H and O–H groups in total. The first-order valence-electron chi connectivity index (χ1n) is 3.84. The third kappa shape index (κ3) is 2.98. The van der Waals surface area contributed by atoms with Gasteiger partial charge in [0.1, 0.15) is 5.69 Å². The molecule has 0 atom stereocenters. The van der Waals surface area contributed by atoms with Crippen LogP contribution < -0.4 is 0 Å². The van der Waals surface area contributed by atoms with Crippen molar-refractivity contribution >= 4 is 13.1 Å². The molecule has 1 aromatic rings. The summed E-state index contributed by atoms with van der Waals surface area (Å²) in [6.45, 7) is -4.93. The highest BCUT2D eigenvalue weighted by atomic mass is 19.4. The molecule has 0 bridgehead atoms. The van der Waals surface area contributed by atoms with Crippen molar-refractivity contribution in [2.45, 2.75) is 0 Å². The zero-order valence-electron chi connectivity index (χ0n) is 7.12. The van der Waals surface area contributed by atoms with Gasteiger partial charge in [-0.15, -0.1) is 12.4 Å². The molecule has 0 aromatic carbocycles. The number of halogens is 3. The van der Waals surface area contributed by atoms with Crippen molar-refractivity contribution in [3.8, 4) is 12.3 Å². The average Bonchev–Trinajstić information content (AvgIpc) is 2.14. The fourth-order valence-corrected chi connectivity index (χ4v) is 0.886. The Hall–Kier alpha value is -1.70. The molecule has 14 heavy (non-hydrogen) atoms. The van der Waals surface area contributed by atoms with Crippen LogP contribution in [0.25, 0.3) is 6.08 Å². The maximum atomic E-state index is 11.9. The van der Waals surface area contributed by atoms with Crippen molar-refractivity contribution in [3.63, 3.8) is 0 Å². The Balaban J connectivity index is 2.99. The average molecular weight is 196 g/mol. The molecule has 0 saturated heterocycles. The largest absolute Gasteiger partial charge is 0.502 e. The monoisotopic (exact) mass is 196 g/mol. The van der Waals surface area contributed by atoms with E-state index in [-0.39, 0.29) is 11.7 Å². The quantitative estimate of drug-likeness (QED) is 0.522. The van der Waals surface area contributed by atoms with E-state index in [1.807, 2.05) is 0 Å². The molecule has 0 fully saturated rings. The molecular weight excluding hydrogens is 190 g/mol. The van der Waals surface area contributed by atoms with Gasteiger partial charge < -0.3 is 12.9 Å². The van der Waals surface area contributed by atoms with E-state index in [9.17, 15) is 12.9 Å². The molecule has 0 radical (unpaired) electrons. The maximum absolute atomic E-state index is 11.9. The van der Waals surface area contributed by atoms with E-state index in [0.29, 0.717) is 5.56 Å². The first kappa shape index (κ1) is 10.4. The minimum absolute atomic E-state index is 0.192. The van der Waals surface area contributed by atoms with Crippen molar-refractivity contribution < 1.29 is 12.9 Å². The van der Waals surface area contributed by atoms with E-state index in [2.05, 4.69) is 10.9 Å². The lowest BCUT2D eigenvalue weighted by atomic mass is 9.90. The Morgan fingerprint density at radius 3 is 2.71 bits per heavy atom. The van der Waals surface area contributed by atoms with Crippen LogP contribution in [-0.4, -0.2) is 12.0 Å². The van der Waals surface area contributed by atoms with Crippen molar-refractivity contribution in [2.75, 3.05) is 0 Å². The second kappa shape index (κ2) is 4.01. The highest BCUT2D eigenvalue weighted by molar-refractivity contribution is 6.64. The summed E-state index contributed by atoms with van der Waals surface area (Å²) >= 11 is 0. The molecule has 0 aliphatic rings. The van der Waals surface area contributed by atoms with E-state index < -0.39 is 6.98 Å². The minimum Gasteiger partial charge on any atom is -0.445 e. The fourth-order valence-electron chi connectivity index (χ4n) is 0.886. The predicted octanol–water partition coefficient (Wildman–Crippen LogP) is 2.46. The molecule has 1 nitrogen and oxygen atoms in total. The van der Waals surface area contributed by atoms with Gasteiger partial charge in [0.15, 0.2) is 0 Å². The summed E-state index contributed by atoms with van der Waals surface area (Å²) in [4.78, 5) is 3.75. The molecule has 0 unspecified atom stereocenters. The molecule has 1 rings (SSSR count). The third-order valence-electron chi connectivity index (χ3n) is 1.47. The molecule has 5 heteroatoms. The second-order valence-electron chi connectivity index (χ2n) is 2.57. The van der Waals surface area contributed by atoms with Gasteiger partial charge in [-0.1, -0.05) is 12.1 Å². The molecule has 0 amide bonds. The topological polar surface area (TPSA) is 12.9 Å². The molecule has 1 heterocycles. The van der Waals surface area contributed by atoms with Gasteiger partial charge in [-0.3, -0.25) is 0 Å². The van der Waals surface area contributed by atoms with Crippen LogP contribution in [0.15, 0.2) is 24.3 Å². The van der Waals surface area contributed by atoms with Crippen LogP contribution in [0.5, 0.6) is 0 Å². The zero-order valence-corrected chi connectivity index (χ0v) is 7.12. The Bertz CT molecular complexity index is 390. The smallest absolute Gasteiger partial charge is 0.445 e. The fraction of sp³-hybridized carbons (Fsp3) is 0. The van der Waals surface area contributed by atoms with E-state index in [0.717, 1.165) is 6.08 Å². The van der Waals surface area contributed by atoms with Gasteiger partial charge in [0.05, 0.1) is 0 Å². The van der Waals surface area contributed by atoms with Gasteiger partial charge in [0.25, 0.3) is 0 Å². The van der Waals surface area contributed by atoms with Gasteiger partial charge in [0.2, 0.25) is 0 Å². The number of rotatable bonds is 2. The Morgan fingerprint density at radius 2 is 2.14 bits per heavy atom. The Morgan fingerprint density at radius 1 is 1.43 bits per heavy atom. The van der Waals surface area contributed by atoms with Gasteiger partial charge in [0, 0.05) is 11.8 Å². The lowest BCUT2D eigenvalue weighted by Crippen LogP contribution is -2.09. The summed E-state index contributed by atoms with van der Waals surface area (Å²) in [7, 11) is 0. The van der Waals surface area contributed by atoms with Gasteiger partial charge in [-0.25, -0.2) is 4.98 Å². The van der Waals surface area contributed by atoms with Crippen LogP contribution in [0.1, 0.15) is 11.3 Å². The Labute approximate surface area is 79.7 Å². The van der Waals surface area contributed by atoms with Crippen LogP contribution in [0.2, 0.25) is 0 Å². The first-order chi connectivity index (χ1) is 6.53. The number of hydrogen-bond acceptors (Lipinski definition) is 1. The molecule has 0 aliphatic carbocycles. The third-order valence-corrected chi connectivity index (χ3v) is 1.47. The second-order valence-corrected chi connectivity index (χ2v) is 2.57. The SMILES string of the molecule is C#Cc1ncccc1/C=C/[B-](F)(F)F. The van der Waals surface area contributed by atoms with Crippen LogP contribution in [0, 0.1) is 12.3 Å². The van der Waals surface area contributed by atoms with Crippen LogP contribution in [-0.2, 0) is 0 Å². The molecular formula is C9H6BF3N-. The lowest BCUT2D eigenvalue weighted by Gasteiger charge is -2.06. The van der Waals surface area contributed by atoms with Crippen molar-refractivity contribution in [1.29, 1.82) is 0 Å². The number of aromatic nitrogens is 1. The van der Waals surface area contributed by atoms with Crippen LogP contribution >= 0.6 is 0 Å². The minimum atomic E-state index is -4.93. The predicted molar refractivity (Wildman–Crippen MR) is 50.3 cm³/mol. The van der Waals surface area contributed by atoms with Crippen LogP contribution in [0.4, 0.5) is 12.9 Å². The molecule has 1 aromatic heterocycles. The normalized spacial score (nSPS) is 11.6. The number of hydrogen-bond donors (Lipinski definition) is 0. The van der Waals surface area contributed by atoms with Gasteiger partial charge in [-0.2, -0.15) is 0 Å².